The van der Waals surface area contributed by atoms with Crippen molar-refractivity contribution in [2.75, 3.05) is 5.32 Å². The second-order valence-corrected chi connectivity index (χ2v) is 5.80. The molecule has 0 spiro atoms. The van der Waals surface area contributed by atoms with Crippen LogP contribution in [0.25, 0.3) is 0 Å². The van der Waals surface area contributed by atoms with E-state index < -0.39 is 5.91 Å². The molecule has 0 saturated carbocycles. The molecule has 2 rings (SSSR count). The highest BCUT2D eigenvalue weighted by atomic mass is 79.9. The molecule has 2 aromatic rings. The molecule has 4 nitrogen and oxygen atoms in total. The van der Waals surface area contributed by atoms with E-state index >= 15 is 0 Å². The molecule has 0 unspecified atom stereocenters. The molecule has 88 valence electrons. The lowest BCUT2D eigenvalue weighted by Gasteiger charge is -2.05. The number of hydrogen-bond donors (Lipinski definition) is 2. The number of rotatable bonds is 4. The van der Waals surface area contributed by atoms with Gasteiger partial charge in [0.15, 0.2) is 0 Å². The van der Waals surface area contributed by atoms with E-state index in [1.807, 2.05) is 18.2 Å². The molecule has 0 atom stereocenters. The molecule has 0 aliphatic rings. The molecule has 0 fully saturated rings. The van der Waals surface area contributed by atoms with E-state index in [-0.39, 0.29) is 0 Å². The lowest BCUT2D eigenvalue weighted by Crippen LogP contribution is -2.11. The summed E-state index contributed by atoms with van der Waals surface area (Å²) in [5.41, 5.74) is 7.09. The van der Waals surface area contributed by atoms with Crippen LogP contribution in [0.1, 0.15) is 15.2 Å². The van der Waals surface area contributed by atoms with Crippen LogP contribution in [-0.4, -0.2) is 10.9 Å². The monoisotopic (exact) mass is 311 g/mol. The molecular weight excluding hydrogens is 302 g/mol. The number of carbonyl (C=O) groups is 1. The minimum absolute atomic E-state index is 0.422. The minimum Gasteiger partial charge on any atom is -0.380 e. The van der Waals surface area contributed by atoms with Crippen LogP contribution in [-0.2, 0) is 6.54 Å². The molecule has 17 heavy (non-hydrogen) atoms. The van der Waals surface area contributed by atoms with Crippen molar-refractivity contribution in [1.82, 2.24) is 4.98 Å². The number of amides is 1. The smallest absolute Gasteiger partial charge is 0.260 e. The number of hydrogen-bond acceptors (Lipinski definition) is 4. The Morgan fingerprint density at radius 3 is 3.06 bits per heavy atom. The summed E-state index contributed by atoms with van der Waals surface area (Å²) in [4.78, 5) is 15.8. The van der Waals surface area contributed by atoms with Gasteiger partial charge in [-0.2, -0.15) is 0 Å². The maximum atomic E-state index is 11.2. The number of nitrogens with one attached hydrogen (secondary N) is 1. The standard InChI is InChI=1S/C11H10BrN3OS/c12-9-4-8(10(17-9)11(13)16)15-6-7-2-1-3-14-5-7/h1-5,15H,6H2,(H2,13,16). The average Bonchev–Trinajstić information content (AvgIpc) is 2.69. The van der Waals surface area contributed by atoms with Gasteiger partial charge in [0.05, 0.1) is 9.47 Å². The highest BCUT2D eigenvalue weighted by Crippen LogP contribution is 2.31. The first-order valence-corrected chi connectivity index (χ1v) is 6.49. The van der Waals surface area contributed by atoms with E-state index in [1.54, 1.807) is 12.4 Å². The maximum absolute atomic E-state index is 11.2. The van der Waals surface area contributed by atoms with Gasteiger partial charge in [-0.15, -0.1) is 11.3 Å². The minimum atomic E-state index is -0.422. The summed E-state index contributed by atoms with van der Waals surface area (Å²) in [6.07, 6.45) is 3.50. The molecule has 0 aliphatic heterocycles. The number of aromatic nitrogens is 1. The quantitative estimate of drug-likeness (QED) is 0.912. The third-order valence-corrected chi connectivity index (χ3v) is 3.78. The number of nitrogens with two attached hydrogens (primary N) is 1. The van der Waals surface area contributed by atoms with Gasteiger partial charge >= 0.3 is 0 Å². The first-order valence-electron chi connectivity index (χ1n) is 4.88. The van der Waals surface area contributed by atoms with E-state index in [2.05, 4.69) is 26.2 Å². The van der Waals surface area contributed by atoms with E-state index in [9.17, 15) is 4.79 Å². The zero-order valence-electron chi connectivity index (χ0n) is 8.81. The Kier molecular flexibility index (Phi) is 3.75. The fourth-order valence-corrected chi connectivity index (χ4v) is 2.80. The fraction of sp³-hybridized carbons (Fsp3) is 0.0909. The van der Waals surface area contributed by atoms with Crippen LogP contribution in [0.15, 0.2) is 34.4 Å². The predicted molar refractivity (Wildman–Crippen MR) is 72.1 cm³/mol. The van der Waals surface area contributed by atoms with E-state index in [4.69, 9.17) is 5.73 Å². The van der Waals surface area contributed by atoms with Crippen LogP contribution in [0, 0.1) is 0 Å². The van der Waals surface area contributed by atoms with E-state index in [0.717, 1.165) is 15.0 Å². The number of primary amides is 1. The van der Waals surface area contributed by atoms with Gasteiger partial charge < -0.3 is 11.1 Å². The molecule has 0 bridgehead atoms. The van der Waals surface area contributed by atoms with Gasteiger partial charge in [-0.05, 0) is 33.6 Å². The lowest BCUT2D eigenvalue weighted by atomic mass is 10.3. The Morgan fingerprint density at radius 2 is 2.41 bits per heavy atom. The van der Waals surface area contributed by atoms with E-state index in [1.165, 1.54) is 11.3 Å². The summed E-state index contributed by atoms with van der Waals surface area (Å²) in [5, 5.41) is 3.17. The maximum Gasteiger partial charge on any atom is 0.260 e. The molecule has 1 amide bonds. The van der Waals surface area contributed by atoms with Crippen LogP contribution in [0.5, 0.6) is 0 Å². The van der Waals surface area contributed by atoms with Gasteiger partial charge in [-0.25, -0.2) is 0 Å². The van der Waals surface area contributed by atoms with Crippen LogP contribution in [0.2, 0.25) is 0 Å². The Labute approximate surface area is 111 Å². The molecule has 0 aromatic carbocycles. The molecule has 2 aromatic heterocycles. The largest absolute Gasteiger partial charge is 0.380 e. The van der Waals surface area contributed by atoms with Gasteiger partial charge in [0.2, 0.25) is 0 Å². The lowest BCUT2D eigenvalue weighted by molar-refractivity contribution is 0.100. The molecular formula is C11H10BrN3OS. The number of thiophene rings is 1. The predicted octanol–water partition coefficient (Wildman–Crippen LogP) is 2.62. The summed E-state index contributed by atoms with van der Waals surface area (Å²) in [5.74, 6) is -0.422. The Morgan fingerprint density at radius 1 is 1.59 bits per heavy atom. The second-order valence-electron chi connectivity index (χ2n) is 3.37. The van der Waals surface area contributed by atoms with E-state index in [0.29, 0.717) is 11.4 Å². The highest BCUT2D eigenvalue weighted by Gasteiger charge is 2.12. The van der Waals surface area contributed by atoms with Gasteiger partial charge in [0.1, 0.15) is 4.88 Å². The molecule has 0 saturated heterocycles. The van der Waals surface area contributed by atoms with Gasteiger partial charge in [-0.3, -0.25) is 9.78 Å². The molecule has 6 heteroatoms. The average molecular weight is 312 g/mol. The molecule has 0 aliphatic carbocycles. The zero-order chi connectivity index (χ0) is 12.3. The van der Waals surface area contributed by atoms with Crippen LogP contribution in [0.3, 0.4) is 0 Å². The van der Waals surface area contributed by atoms with Crippen molar-refractivity contribution in [2.24, 2.45) is 5.73 Å². The van der Waals surface area contributed by atoms with Crippen molar-refractivity contribution in [3.05, 3.63) is 44.8 Å². The molecule has 2 heterocycles. The topological polar surface area (TPSA) is 68.0 Å². The second kappa shape index (κ2) is 5.29. The summed E-state index contributed by atoms with van der Waals surface area (Å²) in [6, 6.07) is 5.68. The number of carbonyl (C=O) groups excluding carboxylic acids is 1. The van der Waals surface area contributed by atoms with Crippen molar-refractivity contribution in [2.45, 2.75) is 6.54 Å². The summed E-state index contributed by atoms with van der Waals surface area (Å²) in [7, 11) is 0. The van der Waals surface area contributed by atoms with Gasteiger partial charge in [0.25, 0.3) is 5.91 Å². The number of pyridine rings is 1. The highest BCUT2D eigenvalue weighted by molar-refractivity contribution is 9.11. The normalized spacial score (nSPS) is 10.2. The number of anilines is 1. The van der Waals surface area contributed by atoms with Crippen molar-refractivity contribution in [1.29, 1.82) is 0 Å². The van der Waals surface area contributed by atoms with Crippen molar-refractivity contribution >= 4 is 38.9 Å². The van der Waals surface area contributed by atoms with Crippen molar-refractivity contribution in [3.8, 4) is 0 Å². The Bertz CT molecular complexity index is 527. The van der Waals surface area contributed by atoms with Gasteiger partial charge in [-0.1, -0.05) is 6.07 Å². The summed E-state index contributed by atoms with van der Waals surface area (Å²) in [6.45, 7) is 0.608. The third kappa shape index (κ3) is 3.04. The fourth-order valence-electron chi connectivity index (χ4n) is 1.38. The molecule has 0 radical (unpaired) electrons. The third-order valence-electron chi connectivity index (χ3n) is 2.13. The Balaban J connectivity index is 2.11. The van der Waals surface area contributed by atoms with Crippen LogP contribution in [0.4, 0.5) is 5.69 Å². The SMILES string of the molecule is NC(=O)c1sc(Br)cc1NCc1cccnc1. The first-order chi connectivity index (χ1) is 8.16. The summed E-state index contributed by atoms with van der Waals surface area (Å²) >= 11 is 4.66. The first kappa shape index (κ1) is 12.1. The van der Waals surface area contributed by atoms with Crippen molar-refractivity contribution in [3.63, 3.8) is 0 Å². The number of nitrogens with zero attached hydrogens (tertiary/aromatic N) is 1. The van der Waals surface area contributed by atoms with Gasteiger partial charge in [0, 0.05) is 18.9 Å². The number of halogens is 1. The van der Waals surface area contributed by atoms with Crippen LogP contribution < -0.4 is 11.1 Å². The zero-order valence-corrected chi connectivity index (χ0v) is 11.2. The van der Waals surface area contributed by atoms with Crippen molar-refractivity contribution < 1.29 is 4.79 Å². The summed E-state index contributed by atoms with van der Waals surface area (Å²) < 4.78 is 0.875. The Hall–Kier alpha value is -1.40. The molecule has 3 N–H and O–H groups in total. The van der Waals surface area contributed by atoms with Crippen LogP contribution >= 0.6 is 27.3 Å².